The van der Waals surface area contributed by atoms with Crippen LogP contribution in [0.3, 0.4) is 0 Å². The van der Waals surface area contributed by atoms with Gasteiger partial charge in [-0.05, 0) is 36.7 Å². The molecule has 2 unspecified atom stereocenters. The lowest BCUT2D eigenvalue weighted by molar-refractivity contribution is 0.148. The maximum Gasteiger partial charge on any atom is 0.0750 e. The molecule has 1 fully saturated rings. The van der Waals surface area contributed by atoms with Crippen molar-refractivity contribution in [3.8, 4) is 0 Å². The molecule has 0 bridgehead atoms. The number of hydrogen-bond donors (Lipinski definition) is 1. The summed E-state index contributed by atoms with van der Waals surface area (Å²) >= 11 is 0. The summed E-state index contributed by atoms with van der Waals surface area (Å²) in [5.74, 6) is 1.19. The van der Waals surface area contributed by atoms with Crippen LogP contribution in [0.1, 0.15) is 33.1 Å². The van der Waals surface area contributed by atoms with Crippen molar-refractivity contribution in [2.45, 2.75) is 39.2 Å². The third-order valence-corrected chi connectivity index (χ3v) is 2.70. The van der Waals surface area contributed by atoms with E-state index in [1.807, 2.05) is 0 Å². The van der Waals surface area contributed by atoms with E-state index in [0.717, 1.165) is 18.4 Å². The second-order valence-corrected chi connectivity index (χ2v) is 3.87. The molecule has 64 valence electrons. The first kappa shape index (κ1) is 8.79. The number of rotatable bonds is 1. The van der Waals surface area contributed by atoms with Crippen molar-refractivity contribution in [3.05, 3.63) is 12.2 Å². The summed E-state index contributed by atoms with van der Waals surface area (Å²) in [5, 5.41) is 9.50. The van der Waals surface area contributed by atoms with E-state index in [2.05, 4.69) is 20.4 Å². The summed E-state index contributed by atoms with van der Waals surface area (Å²) in [5.41, 5.74) is 1.06. The summed E-state index contributed by atoms with van der Waals surface area (Å²) in [7, 11) is 0. The standard InChI is InChI=1S/C10H18O/c1-7(2)9-5-4-6-10(11)8(9)3/h7,9-11H,3-6H2,1-2H3. The smallest absolute Gasteiger partial charge is 0.0750 e. The van der Waals surface area contributed by atoms with E-state index in [9.17, 15) is 5.11 Å². The summed E-state index contributed by atoms with van der Waals surface area (Å²) in [6.45, 7) is 8.35. The molecule has 11 heavy (non-hydrogen) atoms. The van der Waals surface area contributed by atoms with E-state index in [1.165, 1.54) is 6.42 Å². The molecule has 1 aliphatic rings. The highest BCUT2D eigenvalue weighted by Crippen LogP contribution is 2.33. The summed E-state index contributed by atoms with van der Waals surface area (Å²) in [6, 6.07) is 0. The number of aliphatic hydroxyl groups is 1. The maximum absolute atomic E-state index is 9.50. The predicted molar refractivity (Wildman–Crippen MR) is 47.3 cm³/mol. The Labute approximate surface area is 69.1 Å². The van der Waals surface area contributed by atoms with Crippen LogP contribution in [0.2, 0.25) is 0 Å². The van der Waals surface area contributed by atoms with Crippen molar-refractivity contribution in [2.24, 2.45) is 11.8 Å². The first-order chi connectivity index (χ1) is 5.13. The third-order valence-electron chi connectivity index (χ3n) is 2.70. The Balaban J connectivity index is 2.58. The molecule has 0 amide bonds. The molecule has 0 radical (unpaired) electrons. The van der Waals surface area contributed by atoms with E-state index < -0.39 is 0 Å². The lowest BCUT2D eigenvalue weighted by Gasteiger charge is -2.31. The van der Waals surface area contributed by atoms with E-state index in [4.69, 9.17) is 0 Å². The zero-order chi connectivity index (χ0) is 8.43. The van der Waals surface area contributed by atoms with Gasteiger partial charge in [-0.2, -0.15) is 0 Å². The molecule has 0 aromatic rings. The largest absolute Gasteiger partial charge is 0.389 e. The minimum Gasteiger partial charge on any atom is -0.389 e. The molecule has 0 aliphatic heterocycles. The SMILES string of the molecule is C=C1C(O)CCCC1C(C)C. The molecule has 0 spiro atoms. The molecule has 1 heteroatoms. The quantitative estimate of drug-likeness (QED) is 0.575. The van der Waals surface area contributed by atoms with Gasteiger partial charge in [0.2, 0.25) is 0 Å². The fourth-order valence-electron chi connectivity index (χ4n) is 1.91. The van der Waals surface area contributed by atoms with Gasteiger partial charge in [-0.15, -0.1) is 0 Å². The Morgan fingerprint density at radius 1 is 1.45 bits per heavy atom. The monoisotopic (exact) mass is 154 g/mol. The van der Waals surface area contributed by atoms with Gasteiger partial charge in [0, 0.05) is 0 Å². The zero-order valence-electron chi connectivity index (χ0n) is 7.51. The van der Waals surface area contributed by atoms with E-state index in [1.54, 1.807) is 0 Å². The third kappa shape index (κ3) is 1.84. The Kier molecular flexibility index (Phi) is 2.72. The van der Waals surface area contributed by atoms with Gasteiger partial charge in [0.25, 0.3) is 0 Å². The highest BCUT2D eigenvalue weighted by atomic mass is 16.3. The molecule has 1 saturated carbocycles. The van der Waals surface area contributed by atoms with Crippen LogP contribution in [-0.4, -0.2) is 11.2 Å². The maximum atomic E-state index is 9.50. The lowest BCUT2D eigenvalue weighted by Crippen LogP contribution is -2.25. The van der Waals surface area contributed by atoms with Gasteiger partial charge in [-0.25, -0.2) is 0 Å². The van der Waals surface area contributed by atoms with Gasteiger partial charge in [-0.3, -0.25) is 0 Å². The van der Waals surface area contributed by atoms with E-state index >= 15 is 0 Å². The summed E-state index contributed by atoms with van der Waals surface area (Å²) in [6.07, 6.45) is 3.06. The average Bonchev–Trinajstić information content (AvgIpc) is 1.94. The van der Waals surface area contributed by atoms with Gasteiger partial charge in [0.1, 0.15) is 0 Å². The zero-order valence-corrected chi connectivity index (χ0v) is 7.51. The summed E-state index contributed by atoms with van der Waals surface area (Å²) < 4.78 is 0. The van der Waals surface area contributed by atoms with Crippen molar-refractivity contribution in [2.75, 3.05) is 0 Å². The first-order valence-electron chi connectivity index (χ1n) is 4.49. The van der Waals surface area contributed by atoms with Gasteiger partial charge in [0.15, 0.2) is 0 Å². The van der Waals surface area contributed by atoms with Crippen molar-refractivity contribution >= 4 is 0 Å². The average molecular weight is 154 g/mol. The molecule has 0 heterocycles. The van der Waals surface area contributed by atoms with Gasteiger partial charge in [0.05, 0.1) is 6.10 Å². The first-order valence-corrected chi connectivity index (χ1v) is 4.49. The van der Waals surface area contributed by atoms with Gasteiger partial charge < -0.3 is 5.11 Å². The van der Waals surface area contributed by atoms with Crippen LogP contribution in [0.25, 0.3) is 0 Å². The molecule has 0 aromatic heterocycles. The fraction of sp³-hybridized carbons (Fsp3) is 0.800. The second-order valence-electron chi connectivity index (χ2n) is 3.87. The lowest BCUT2D eigenvalue weighted by atomic mass is 9.77. The molecule has 1 N–H and O–H groups in total. The number of hydrogen-bond acceptors (Lipinski definition) is 1. The van der Waals surface area contributed by atoms with Crippen LogP contribution in [0.5, 0.6) is 0 Å². The molecular weight excluding hydrogens is 136 g/mol. The van der Waals surface area contributed by atoms with Crippen LogP contribution < -0.4 is 0 Å². The minimum absolute atomic E-state index is 0.226. The van der Waals surface area contributed by atoms with Gasteiger partial charge >= 0.3 is 0 Å². The molecule has 1 nitrogen and oxygen atoms in total. The van der Waals surface area contributed by atoms with Crippen LogP contribution in [0.15, 0.2) is 12.2 Å². The topological polar surface area (TPSA) is 20.2 Å². The minimum atomic E-state index is -0.226. The molecule has 1 aliphatic carbocycles. The Bertz CT molecular complexity index is 149. The van der Waals surface area contributed by atoms with Crippen LogP contribution >= 0.6 is 0 Å². The van der Waals surface area contributed by atoms with E-state index in [0.29, 0.717) is 11.8 Å². The fourth-order valence-corrected chi connectivity index (χ4v) is 1.91. The molecule has 0 saturated heterocycles. The second kappa shape index (κ2) is 3.40. The Hall–Kier alpha value is -0.300. The highest BCUT2D eigenvalue weighted by molar-refractivity contribution is 5.10. The number of aliphatic hydroxyl groups excluding tert-OH is 1. The molecular formula is C10H18O. The molecule has 2 atom stereocenters. The van der Waals surface area contributed by atoms with Crippen LogP contribution in [-0.2, 0) is 0 Å². The molecule has 1 rings (SSSR count). The normalized spacial score (nSPS) is 32.9. The van der Waals surface area contributed by atoms with Crippen LogP contribution in [0, 0.1) is 11.8 Å². The summed E-state index contributed by atoms with van der Waals surface area (Å²) in [4.78, 5) is 0. The van der Waals surface area contributed by atoms with E-state index in [-0.39, 0.29) is 6.10 Å². The molecule has 0 aromatic carbocycles. The van der Waals surface area contributed by atoms with Crippen molar-refractivity contribution in [1.82, 2.24) is 0 Å². The Morgan fingerprint density at radius 2 is 2.09 bits per heavy atom. The van der Waals surface area contributed by atoms with Crippen molar-refractivity contribution < 1.29 is 5.11 Å². The predicted octanol–water partition coefficient (Wildman–Crippen LogP) is 2.36. The highest BCUT2D eigenvalue weighted by Gasteiger charge is 2.25. The van der Waals surface area contributed by atoms with Crippen LogP contribution in [0.4, 0.5) is 0 Å². The Morgan fingerprint density at radius 3 is 2.55 bits per heavy atom. The van der Waals surface area contributed by atoms with Gasteiger partial charge in [-0.1, -0.05) is 20.4 Å². The van der Waals surface area contributed by atoms with Crippen molar-refractivity contribution in [3.63, 3.8) is 0 Å². The van der Waals surface area contributed by atoms with Crippen molar-refractivity contribution in [1.29, 1.82) is 0 Å².